The van der Waals surface area contributed by atoms with Crippen LogP contribution in [0.1, 0.15) is 17.5 Å². The van der Waals surface area contributed by atoms with Crippen molar-refractivity contribution in [3.8, 4) is 0 Å². The number of carbonyl (C=O) groups excluding carboxylic acids is 2. The van der Waals surface area contributed by atoms with Crippen molar-refractivity contribution in [2.45, 2.75) is 29.6 Å². The van der Waals surface area contributed by atoms with Gasteiger partial charge in [0.15, 0.2) is 4.75 Å². The van der Waals surface area contributed by atoms with Crippen molar-refractivity contribution in [2.24, 2.45) is 17.8 Å². The van der Waals surface area contributed by atoms with Crippen LogP contribution in [-0.2, 0) is 36.5 Å². The lowest BCUT2D eigenvalue weighted by Gasteiger charge is -2.37. The molecule has 156 valence electrons. The Morgan fingerprint density at radius 2 is 1.77 bits per heavy atom. The molecule has 2 aromatic rings. The molecule has 1 fully saturated rings. The van der Waals surface area contributed by atoms with E-state index in [1.54, 1.807) is 12.1 Å². The monoisotopic (exact) mass is 424 g/mol. The molecule has 2 aliphatic rings. The maximum atomic E-state index is 13.9. The molecule has 0 radical (unpaired) electrons. The third-order valence-corrected chi connectivity index (χ3v) is 8.12. The number of allylic oxidation sites excluding steroid dienone is 2. The van der Waals surface area contributed by atoms with Gasteiger partial charge in [-0.15, -0.1) is 0 Å². The van der Waals surface area contributed by atoms with Crippen LogP contribution in [0.5, 0.6) is 0 Å². The summed E-state index contributed by atoms with van der Waals surface area (Å²) >= 11 is 0. The molecule has 0 aromatic heterocycles. The number of ether oxygens (including phenoxy) is 2. The van der Waals surface area contributed by atoms with Crippen molar-refractivity contribution in [3.63, 3.8) is 0 Å². The molecule has 30 heavy (non-hydrogen) atoms. The Morgan fingerprint density at radius 3 is 2.43 bits per heavy atom. The summed E-state index contributed by atoms with van der Waals surface area (Å²) in [4.78, 5) is 26.9. The van der Waals surface area contributed by atoms with Crippen LogP contribution in [0, 0.1) is 24.7 Å². The highest BCUT2D eigenvalue weighted by Crippen LogP contribution is 2.56. The fraction of sp³-hybridized carbons (Fsp3) is 0.333. The van der Waals surface area contributed by atoms with Gasteiger partial charge in [0.25, 0.3) is 0 Å². The summed E-state index contributed by atoms with van der Waals surface area (Å²) in [5.41, 5.74) is 1.85. The van der Waals surface area contributed by atoms with Gasteiger partial charge in [0.05, 0.1) is 23.8 Å². The predicted octanol–water partition coefficient (Wildman–Crippen LogP) is 3.58. The molecule has 0 amide bonds. The van der Waals surface area contributed by atoms with Crippen molar-refractivity contribution in [1.29, 1.82) is 0 Å². The first kappa shape index (κ1) is 20.5. The van der Waals surface area contributed by atoms with Crippen LogP contribution in [0.3, 0.4) is 0 Å². The van der Waals surface area contributed by atoms with E-state index in [9.17, 15) is 13.8 Å². The summed E-state index contributed by atoms with van der Waals surface area (Å²) in [5.74, 6) is -2.53. The van der Waals surface area contributed by atoms with Gasteiger partial charge in [0.2, 0.25) is 0 Å². The lowest BCUT2D eigenvalue weighted by Crippen LogP contribution is -2.56. The van der Waals surface area contributed by atoms with E-state index < -0.39 is 33.4 Å². The molecule has 0 heterocycles. The quantitative estimate of drug-likeness (QED) is 0.524. The largest absolute Gasteiger partial charge is 0.469 e. The molecule has 5 nitrogen and oxygen atoms in total. The normalized spacial score (nSPS) is 27.6. The molecule has 1 saturated carbocycles. The first-order chi connectivity index (χ1) is 14.5. The van der Waals surface area contributed by atoms with Crippen molar-refractivity contribution in [3.05, 3.63) is 77.9 Å². The summed E-state index contributed by atoms with van der Waals surface area (Å²) in [6.45, 7) is 2.00. The van der Waals surface area contributed by atoms with Crippen molar-refractivity contribution < 1.29 is 23.3 Å². The van der Waals surface area contributed by atoms with Crippen molar-refractivity contribution in [1.82, 2.24) is 0 Å². The lowest BCUT2D eigenvalue weighted by molar-refractivity contribution is -0.158. The van der Waals surface area contributed by atoms with Crippen molar-refractivity contribution in [2.75, 3.05) is 7.11 Å². The lowest BCUT2D eigenvalue weighted by atomic mass is 9.82. The number of hydrogen-bond donors (Lipinski definition) is 0. The molecule has 2 bridgehead atoms. The maximum absolute atomic E-state index is 13.9. The maximum Gasteiger partial charge on any atom is 0.327 e. The van der Waals surface area contributed by atoms with Gasteiger partial charge in [0, 0.05) is 10.8 Å². The van der Waals surface area contributed by atoms with Gasteiger partial charge in [-0.1, -0.05) is 60.2 Å². The molecule has 2 aliphatic carbocycles. The average molecular weight is 425 g/mol. The second kappa shape index (κ2) is 8.19. The van der Waals surface area contributed by atoms with E-state index in [0.29, 0.717) is 11.3 Å². The van der Waals surface area contributed by atoms with Gasteiger partial charge in [-0.05, 0) is 37.0 Å². The molecular weight excluding hydrogens is 400 g/mol. The standard InChI is InChI=1S/C24H24O5S/c1-16-8-12-20(13-9-16)30(27)24(23(26)29-15-17-6-4-3-5-7-17)19-11-10-18(14-19)21(24)22(25)28-2/h3-13,18-19,21H,14-15H2,1-2H3/t18-,19+,21+,24-,30+/m0/s1. The van der Waals surface area contributed by atoms with E-state index in [2.05, 4.69) is 0 Å². The summed E-state index contributed by atoms with van der Waals surface area (Å²) in [6.07, 6.45) is 4.42. The van der Waals surface area contributed by atoms with Gasteiger partial charge >= 0.3 is 11.9 Å². The van der Waals surface area contributed by atoms with E-state index in [1.807, 2.05) is 61.5 Å². The summed E-state index contributed by atoms with van der Waals surface area (Å²) < 4.78 is 23.1. The number of esters is 2. The van der Waals surface area contributed by atoms with E-state index in [1.165, 1.54) is 7.11 Å². The van der Waals surface area contributed by atoms with Crippen LogP contribution in [0.4, 0.5) is 0 Å². The molecule has 4 rings (SSSR count). The first-order valence-electron chi connectivity index (χ1n) is 9.94. The van der Waals surface area contributed by atoms with Gasteiger partial charge in [-0.2, -0.15) is 0 Å². The second-order valence-corrected chi connectivity index (χ2v) is 9.51. The molecule has 0 aliphatic heterocycles. The predicted molar refractivity (Wildman–Crippen MR) is 113 cm³/mol. The van der Waals surface area contributed by atoms with E-state index >= 15 is 0 Å². The zero-order valence-corrected chi connectivity index (χ0v) is 17.8. The minimum absolute atomic E-state index is 0.0571. The van der Waals surface area contributed by atoms with Crippen LogP contribution >= 0.6 is 0 Å². The summed E-state index contributed by atoms with van der Waals surface area (Å²) in [5, 5.41) is 0. The topological polar surface area (TPSA) is 69.7 Å². The Labute approximate surface area is 178 Å². The zero-order chi connectivity index (χ0) is 21.3. The van der Waals surface area contributed by atoms with Crippen LogP contribution in [0.2, 0.25) is 0 Å². The van der Waals surface area contributed by atoms with Gasteiger partial charge < -0.3 is 9.47 Å². The molecular formula is C24H24O5S. The Bertz CT molecular complexity index is 998. The number of methoxy groups -OCH3 is 1. The third-order valence-electron chi connectivity index (χ3n) is 6.09. The zero-order valence-electron chi connectivity index (χ0n) is 16.9. The number of carbonyl (C=O) groups is 2. The average Bonchev–Trinajstić information content (AvgIpc) is 3.38. The first-order valence-corrected chi connectivity index (χ1v) is 11.1. The highest BCUT2D eigenvalue weighted by molar-refractivity contribution is 7.87. The van der Waals surface area contributed by atoms with Gasteiger partial charge in [-0.25, -0.2) is 0 Å². The van der Waals surface area contributed by atoms with Crippen LogP contribution in [0.15, 0.2) is 71.6 Å². The minimum Gasteiger partial charge on any atom is -0.469 e. The van der Waals surface area contributed by atoms with Gasteiger partial charge in [0.1, 0.15) is 6.61 Å². The Morgan fingerprint density at radius 1 is 1.07 bits per heavy atom. The van der Waals surface area contributed by atoms with E-state index in [4.69, 9.17) is 9.47 Å². The fourth-order valence-electron chi connectivity index (χ4n) is 4.62. The molecule has 5 atom stereocenters. The number of rotatable bonds is 6. The Balaban J connectivity index is 1.75. The highest BCUT2D eigenvalue weighted by atomic mass is 32.2. The summed E-state index contributed by atoms with van der Waals surface area (Å²) in [6, 6.07) is 16.5. The number of fused-ring (bicyclic) bond motifs is 2. The number of benzene rings is 2. The SMILES string of the molecule is COC(=O)[C@H]1[C@H]2C=C[C@H](C2)[C@]1(C(=O)OCc1ccccc1)[S@](=O)c1ccc(C)cc1. The third kappa shape index (κ3) is 3.29. The molecule has 0 saturated heterocycles. The van der Waals surface area contributed by atoms with E-state index in [0.717, 1.165) is 11.1 Å². The number of hydrogen-bond acceptors (Lipinski definition) is 5. The minimum atomic E-state index is -1.79. The van der Waals surface area contributed by atoms with Crippen molar-refractivity contribution >= 4 is 22.7 Å². The molecule has 0 spiro atoms. The smallest absolute Gasteiger partial charge is 0.327 e. The van der Waals surface area contributed by atoms with Crippen LogP contribution < -0.4 is 0 Å². The van der Waals surface area contributed by atoms with E-state index in [-0.39, 0.29) is 18.4 Å². The van der Waals surface area contributed by atoms with Crippen LogP contribution in [-0.4, -0.2) is 28.0 Å². The molecule has 0 N–H and O–H groups in total. The second-order valence-electron chi connectivity index (χ2n) is 7.83. The molecule has 2 aromatic carbocycles. The Kier molecular flexibility index (Phi) is 5.60. The molecule has 0 unspecified atom stereocenters. The highest BCUT2D eigenvalue weighted by Gasteiger charge is 2.68. The van der Waals surface area contributed by atoms with Crippen LogP contribution in [0.25, 0.3) is 0 Å². The Hall–Kier alpha value is -2.73. The number of aryl methyl sites for hydroxylation is 1. The fourth-order valence-corrected chi connectivity index (χ4v) is 6.55. The summed E-state index contributed by atoms with van der Waals surface area (Å²) in [7, 11) is -0.493. The van der Waals surface area contributed by atoms with Gasteiger partial charge in [-0.3, -0.25) is 13.8 Å². The molecule has 6 heteroatoms.